The van der Waals surface area contributed by atoms with Gasteiger partial charge in [0, 0.05) is 48.7 Å². The first-order chi connectivity index (χ1) is 17.4. The van der Waals surface area contributed by atoms with Gasteiger partial charge in [-0.2, -0.15) is 5.26 Å². The lowest BCUT2D eigenvalue weighted by molar-refractivity contribution is -0.118. The maximum absolute atomic E-state index is 13.2. The second-order valence-electron chi connectivity index (χ2n) is 7.78. The van der Waals surface area contributed by atoms with Crippen molar-refractivity contribution < 1.29 is 9.53 Å². The molecule has 36 heavy (non-hydrogen) atoms. The standard InChI is InChI=1S/C26H21ClN6O3/c1-2-22(34)11-17-14-31-26(33(25(17)35)16-20-4-3-18(27)15-30-20)32-19-5-7-23(8-6-19)36-24-9-10-29-21(12-24)13-28/h3-10,12,14-15H,2,11,16H2,1H3,(H,31,32). The summed E-state index contributed by atoms with van der Waals surface area (Å²) in [5, 5.41) is 12.6. The summed E-state index contributed by atoms with van der Waals surface area (Å²) in [6.45, 7) is 1.90. The zero-order valence-corrected chi connectivity index (χ0v) is 20.1. The minimum atomic E-state index is -0.322. The second kappa shape index (κ2) is 11.3. The van der Waals surface area contributed by atoms with Crippen LogP contribution in [-0.4, -0.2) is 25.3 Å². The second-order valence-corrected chi connectivity index (χ2v) is 8.21. The molecule has 0 saturated heterocycles. The topological polar surface area (TPSA) is 123 Å². The summed E-state index contributed by atoms with van der Waals surface area (Å²) < 4.78 is 7.22. The first kappa shape index (κ1) is 24.6. The lowest BCUT2D eigenvalue weighted by Crippen LogP contribution is -2.28. The fraction of sp³-hybridized carbons (Fsp3) is 0.154. The summed E-state index contributed by atoms with van der Waals surface area (Å²) in [7, 11) is 0. The fourth-order valence-electron chi connectivity index (χ4n) is 3.31. The molecule has 1 N–H and O–H groups in total. The lowest BCUT2D eigenvalue weighted by Gasteiger charge is -2.15. The first-order valence-electron chi connectivity index (χ1n) is 11.1. The number of nitrogens with zero attached hydrogens (tertiary/aromatic N) is 5. The predicted molar refractivity (Wildman–Crippen MR) is 135 cm³/mol. The minimum absolute atomic E-state index is 0.0191. The predicted octanol–water partition coefficient (Wildman–Crippen LogP) is 4.66. The Morgan fingerprint density at radius 2 is 1.89 bits per heavy atom. The number of nitriles is 1. The maximum Gasteiger partial charge on any atom is 0.258 e. The third kappa shape index (κ3) is 6.11. The zero-order chi connectivity index (χ0) is 25.5. The van der Waals surface area contributed by atoms with E-state index in [-0.39, 0.29) is 30.0 Å². The molecule has 0 amide bonds. The largest absolute Gasteiger partial charge is 0.457 e. The molecular formula is C26H21ClN6O3. The quantitative estimate of drug-likeness (QED) is 0.352. The van der Waals surface area contributed by atoms with Crippen molar-refractivity contribution in [2.45, 2.75) is 26.3 Å². The van der Waals surface area contributed by atoms with Gasteiger partial charge >= 0.3 is 0 Å². The summed E-state index contributed by atoms with van der Waals surface area (Å²) >= 11 is 5.94. The molecule has 0 unspecified atom stereocenters. The van der Waals surface area contributed by atoms with Crippen molar-refractivity contribution >= 4 is 29.0 Å². The molecule has 0 aliphatic rings. The van der Waals surface area contributed by atoms with Crippen LogP contribution in [0.4, 0.5) is 11.6 Å². The van der Waals surface area contributed by atoms with Gasteiger partial charge in [-0.25, -0.2) is 9.97 Å². The van der Waals surface area contributed by atoms with Crippen molar-refractivity contribution in [1.82, 2.24) is 19.5 Å². The van der Waals surface area contributed by atoms with Crippen LogP contribution in [0, 0.1) is 11.3 Å². The monoisotopic (exact) mass is 500 g/mol. The zero-order valence-electron chi connectivity index (χ0n) is 19.3. The highest BCUT2D eigenvalue weighted by Crippen LogP contribution is 2.24. The van der Waals surface area contributed by atoms with E-state index in [4.69, 9.17) is 21.6 Å². The number of carbonyl (C=O) groups excluding carboxylic acids is 1. The number of Topliss-reactive ketones (excluding diaryl/α,β-unsaturated/α-hetero) is 1. The van der Waals surface area contributed by atoms with Gasteiger partial charge in [0.2, 0.25) is 5.95 Å². The third-order valence-corrected chi connectivity index (χ3v) is 5.42. The summed E-state index contributed by atoms with van der Waals surface area (Å²) in [4.78, 5) is 37.8. The highest BCUT2D eigenvalue weighted by atomic mass is 35.5. The van der Waals surface area contributed by atoms with Gasteiger partial charge in [0.15, 0.2) is 0 Å². The molecule has 4 aromatic rings. The Kier molecular flexibility index (Phi) is 7.68. The van der Waals surface area contributed by atoms with Crippen LogP contribution in [0.2, 0.25) is 5.02 Å². The molecule has 0 atom stereocenters. The van der Waals surface area contributed by atoms with E-state index < -0.39 is 0 Å². The minimum Gasteiger partial charge on any atom is -0.457 e. The molecule has 0 aliphatic carbocycles. The molecule has 0 radical (unpaired) electrons. The summed E-state index contributed by atoms with van der Waals surface area (Å²) in [6, 6.07) is 15.6. The molecule has 0 spiro atoms. The van der Waals surface area contributed by atoms with Crippen LogP contribution in [0.3, 0.4) is 0 Å². The first-order valence-corrected chi connectivity index (χ1v) is 11.4. The molecule has 0 aliphatic heterocycles. The van der Waals surface area contributed by atoms with Crippen LogP contribution in [0.25, 0.3) is 0 Å². The summed E-state index contributed by atoms with van der Waals surface area (Å²) in [5.74, 6) is 1.30. The molecule has 4 rings (SSSR count). The average molecular weight is 501 g/mol. The van der Waals surface area contributed by atoms with E-state index in [1.54, 1.807) is 55.5 Å². The molecular weight excluding hydrogens is 480 g/mol. The molecule has 9 nitrogen and oxygen atoms in total. The number of hydrogen-bond donors (Lipinski definition) is 1. The van der Waals surface area contributed by atoms with Crippen molar-refractivity contribution in [1.29, 1.82) is 5.26 Å². The number of nitrogens with one attached hydrogen (secondary N) is 1. The highest BCUT2D eigenvalue weighted by molar-refractivity contribution is 6.30. The fourth-order valence-corrected chi connectivity index (χ4v) is 3.42. The third-order valence-electron chi connectivity index (χ3n) is 5.20. The van der Waals surface area contributed by atoms with Crippen molar-refractivity contribution in [3.05, 3.63) is 99.4 Å². The van der Waals surface area contributed by atoms with Gasteiger partial charge in [-0.1, -0.05) is 18.5 Å². The van der Waals surface area contributed by atoms with Crippen molar-refractivity contribution in [3.8, 4) is 17.6 Å². The van der Waals surface area contributed by atoms with Crippen LogP contribution >= 0.6 is 11.6 Å². The number of aromatic nitrogens is 4. The summed E-state index contributed by atoms with van der Waals surface area (Å²) in [5.41, 5.74) is 1.53. The van der Waals surface area contributed by atoms with E-state index in [2.05, 4.69) is 20.3 Å². The van der Waals surface area contributed by atoms with Crippen molar-refractivity contribution in [2.24, 2.45) is 0 Å². The van der Waals surface area contributed by atoms with E-state index in [1.165, 1.54) is 23.2 Å². The normalized spacial score (nSPS) is 10.5. The number of hydrogen-bond acceptors (Lipinski definition) is 8. The van der Waals surface area contributed by atoms with Crippen LogP contribution < -0.4 is 15.6 Å². The lowest BCUT2D eigenvalue weighted by atomic mass is 10.1. The van der Waals surface area contributed by atoms with E-state index in [0.717, 1.165) is 0 Å². The van der Waals surface area contributed by atoms with Gasteiger partial charge in [-0.15, -0.1) is 0 Å². The molecule has 3 aromatic heterocycles. The highest BCUT2D eigenvalue weighted by Gasteiger charge is 2.14. The number of halogens is 1. The number of ketones is 1. The van der Waals surface area contributed by atoms with E-state index in [9.17, 15) is 9.59 Å². The molecule has 0 fully saturated rings. The Balaban J connectivity index is 1.59. The molecule has 1 aromatic carbocycles. The number of carbonyl (C=O) groups is 1. The molecule has 10 heteroatoms. The Morgan fingerprint density at radius 3 is 2.58 bits per heavy atom. The SMILES string of the molecule is CCC(=O)Cc1cnc(Nc2ccc(Oc3ccnc(C#N)c3)cc2)n(Cc2ccc(Cl)cn2)c1=O. The summed E-state index contributed by atoms with van der Waals surface area (Å²) in [6.07, 6.45) is 4.79. The van der Waals surface area contributed by atoms with Crippen LogP contribution in [0.1, 0.15) is 30.3 Å². The van der Waals surface area contributed by atoms with Gasteiger partial charge in [0.05, 0.1) is 17.3 Å². The van der Waals surface area contributed by atoms with Gasteiger partial charge in [0.1, 0.15) is 29.0 Å². The van der Waals surface area contributed by atoms with Crippen LogP contribution in [-0.2, 0) is 17.8 Å². The van der Waals surface area contributed by atoms with Crippen molar-refractivity contribution in [2.75, 3.05) is 5.32 Å². The Morgan fingerprint density at radius 1 is 1.08 bits per heavy atom. The smallest absolute Gasteiger partial charge is 0.258 e. The Labute approximate surface area is 212 Å². The van der Waals surface area contributed by atoms with Gasteiger partial charge in [0.25, 0.3) is 5.56 Å². The molecule has 3 heterocycles. The van der Waals surface area contributed by atoms with Crippen LogP contribution in [0.15, 0.2) is 71.9 Å². The number of ether oxygens (including phenoxy) is 1. The van der Waals surface area contributed by atoms with Gasteiger partial charge in [-0.05, 0) is 42.5 Å². The number of benzene rings is 1. The van der Waals surface area contributed by atoms with Gasteiger partial charge < -0.3 is 10.1 Å². The average Bonchev–Trinajstić information content (AvgIpc) is 2.90. The van der Waals surface area contributed by atoms with E-state index in [1.807, 2.05) is 6.07 Å². The van der Waals surface area contributed by atoms with E-state index in [0.29, 0.717) is 45.8 Å². The van der Waals surface area contributed by atoms with E-state index >= 15 is 0 Å². The Hall–Kier alpha value is -4.55. The maximum atomic E-state index is 13.2. The van der Waals surface area contributed by atoms with Crippen LogP contribution in [0.5, 0.6) is 11.5 Å². The number of rotatable bonds is 9. The van der Waals surface area contributed by atoms with Crippen molar-refractivity contribution in [3.63, 3.8) is 0 Å². The molecule has 180 valence electrons. The van der Waals surface area contributed by atoms with Gasteiger partial charge in [-0.3, -0.25) is 19.1 Å². The molecule has 0 saturated carbocycles. The Bertz CT molecular complexity index is 1480. The number of pyridine rings is 2. The number of anilines is 2. The molecule has 0 bridgehead atoms.